The average molecular weight is 230 g/mol. The van der Waals surface area contributed by atoms with Crippen LogP contribution >= 0.6 is 11.6 Å². The number of hydrogen-bond acceptors (Lipinski definition) is 4. The molecule has 5 nitrogen and oxygen atoms in total. The Balaban J connectivity index is 2.43. The van der Waals surface area contributed by atoms with Crippen LogP contribution < -0.4 is 5.48 Å². The molecule has 0 aliphatic rings. The minimum absolute atomic E-state index is 0.170. The molecular weight excluding hydrogens is 218 g/mol. The number of carbonyl (C=O) groups is 1. The Labute approximate surface area is 92.8 Å². The van der Waals surface area contributed by atoms with Crippen LogP contribution in [-0.2, 0) is 4.84 Å². The van der Waals surface area contributed by atoms with Crippen molar-refractivity contribution in [3.05, 3.63) is 23.2 Å². The van der Waals surface area contributed by atoms with Gasteiger partial charge in [0.1, 0.15) is 10.8 Å². The molecular formula is C9H12ClN3O2. The molecule has 0 fully saturated rings. The minimum Gasteiger partial charge on any atom is -0.273 e. The molecule has 0 aromatic carbocycles. The number of halogens is 1. The lowest BCUT2D eigenvalue weighted by Gasteiger charge is -2.06. The van der Waals surface area contributed by atoms with E-state index in [4.69, 9.17) is 16.4 Å². The smallest absolute Gasteiger partial charge is 0.273 e. The summed E-state index contributed by atoms with van der Waals surface area (Å²) >= 11 is 5.53. The van der Waals surface area contributed by atoms with Crippen LogP contribution in [0.15, 0.2) is 12.4 Å². The first kappa shape index (κ1) is 11.9. The first-order valence-electron chi connectivity index (χ1n) is 4.49. The first-order chi connectivity index (χ1) is 7.09. The second-order valence-corrected chi connectivity index (χ2v) is 3.75. The van der Waals surface area contributed by atoms with E-state index < -0.39 is 5.91 Å². The third-order valence-corrected chi connectivity index (χ3v) is 1.63. The monoisotopic (exact) mass is 229 g/mol. The number of nitrogens with one attached hydrogen (secondary N) is 1. The maximum absolute atomic E-state index is 11.4. The molecule has 0 bridgehead atoms. The van der Waals surface area contributed by atoms with Gasteiger partial charge in [-0.3, -0.25) is 9.63 Å². The van der Waals surface area contributed by atoms with Crippen molar-refractivity contribution in [1.82, 2.24) is 15.4 Å². The normalized spacial score (nSPS) is 10.4. The van der Waals surface area contributed by atoms with E-state index in [9.17, 15) is 4.79 Å². The average Bonchev–Trinajstić information content (AvgIpc) is 2.18. The van der Waals surface area contributed by atoms with Crippen molar-refractivity contribution in [2.75, 3.05) is 6.61 Å². The highest BCUT2D eigenvalue weighted by atomic mass is 35.5. The van der Waals surface area contributed by atoms with E-state index in [1.165, 1.54) is 12.4 Å². The van der Waals surface area contributed by atoms with Gasteiger partial charge in [0.15, 0.2) is 0 Å². The summed E-state index contributed by atoms with van der Waals surface area (Å²) in [6.07, 6.45) is 2.59. The number of aromatic nitrogens is 2. The molecule has 0 unspecified atom stereocenters. The second kappa shape index (κ2) is 5.63. The van der Waals surface area contributed by atoms with E-state index in [2.05, 4.69) is 15.4 Å². The summed E-state index contributed by atoms with van der Waals surface area (Å²) in [4.78, 5) is 23.8. The van der Waals surface area contributed by atoms with Crippen LogP contribution in [0.25, 0.3) is 0 Å². The Bertz CT molecular complexity index is 327. The van der Waals surface area contributed by atoms with E-state index in [1.807, 2.05) is 13.8 Å². The van der Waals surface area contributed by atoms with E-state index in [1.54, 1.807) is 0 Å². The van der Waals surface area contributed by atoms with E-state index in [0.29, 0.717) is 12.5 Å². The zero-order valence-electron chi connectivity index (χ0n) is 8.53. The summed E-state index contributed by atoms with van der Waals surface area (Å²) in [5.74, 6) is -0.0820. The molecule has 0 aliphatic carbocycles. The quantitative estimate of drug-likeness (QED) is 0.794. The zero-order chi connectivity index (χ0) is 11.3. The fraction of sp³-hybridized carbons (Fsp3) is 0.444. The van der Waals surface area contributed by atoms with Crippen LogP contribution in [-0.4, -0.2) is 22.5 Å². The van der Waals surface area contributed by atoms with Gasteiger partial charge in [-0.25, -0.2) is 15.4 Å². The van der Waals surface area contributed by atoms with Gasteiger partial charge < -0.3 is 0 Å². The molecule has 0 saturated heterocycles. The predicted molar refractivity (Wildman–Crippen MR) is 55.3 cm³/mol. The maximum Gasteiger partial charge on any atom is 0.295 e. The van der Waals surface area contributed by atoms with Crippen molar-refractivity contribution in [2.45, 2.75) is 13.8 Å². The van der Waals surface area contributed by atoms with Crippen LogP contribution in [0.1, 0.15) is 24.3 Å². The lowest BCUT2D eigenvalue weighted by Crippen LogP contribution is -2.26. The number of rotatable bonds is 4. The standard InChI is InChI=1S/C9H12ClN3O2/c1-6(2)5-15-13-9(14)7-3-12-8(10)4-11-7/h3-4,6H,5H2,1-2H3,(H,13,14). The third-order valence-electron chi connectivity index (χ3n) is 1.43. The minimum atomic E-state index is -0.431. The summed E-state index contributed by atoms with van der Waals surface area (Å²) in [6.45, 7) is 4.41. The lowest BCUT2D eigenvalue weighted by atomic mass is 10.2. The van der Waals surface area contributed by atoms with Gasteiger partial charge >= 0.3 is 0 Å². The summed E-state index contributed by atoms with van der Waals surface area (Å²) in [7, 11) is 0. The fourth-order valence-electron chi connectivity index (χ4n) is 0.756. The van der Waals surface area contributed by atoms with Crippen molar-refractivity contribution in [3.8, 4) is 0 Å². The van der Waals surface area contributed by atoms with Crippen molar-refractivity contribution in [2.24, 2.45) is 5.92 Å². The molecule has 1 aromatic heterocycles. The Morgan fingerprint density at radius 3 is 2.80 bits per heavy atom. The summed E-state index contributed by atoms with van der Waals surface area (Å²) in [6, 6.07) is 0. The molecule has 15 heavy (non-hydrogen) atoms. The highest BCUT2D eigenvalue weighted by molar-refractivity contribution is 6.29. The van der Waals surface area contributed by atoms with Crippen LogP contribution in [0.5, 0.6) is 0 Å². The third kappa shape index (κ3) is 4.22. The van der Waals surface area contributed by atoms with Gasteiger partial charge in [0.2, 0.25) is 0 Å². The number of amides is 1. The van der Waals surface area contributed by atoms with Gasteiger partial charge in [-0.05, 0) is 5.92 Å². The zero-order valence-corrected chi connectivity index (χ0v) is 9.28. The molecule has 1 aromatic rings. The van der Waals surface area contributed by atoms with Crippen LogP contribution in [0.2, 0.25) is 5.15 Å². The molecule has 0 radical (unpaired) electrons. The van der Waals surface area contributed by atoms with Gasteiger partial charge in [0.05, 0.1) is 19.0 Å². The highest BCUT2D eigenvalue weighted by Gasteiger charge is 2.07. The molecule has 1 rings (SSSR count). The van der Waals surface area contributed by atoms with Crippen molar-refractivity contribution in [3.63, 3.8) is 0 Å². The van der Waals surface area contributed by atoms with Crippen molar-refractivity contribution >= 4 is 17.5 Å². The van der Waals surface area contributed by atoms with E-state index in [0.717, 1.165) is 0 Å². The maximum atomic E-state index is 11.4. The van der Waals surface area contributed by atoms with Gasteiger partial charge in [0, 0.05) is 0 Å². The largest absolute Gasteiger partial charge is 0.295 e. The Morgan fingerprint density at radius 2 is 2.27 bits per heavy atom. The number of carbonyl (C=O) groups excluding carboxylic acids is 1. The van der Waals surface area contributed by atoms with Crippen molar-refractivity contribution in [1.29, 1.82) is 0 Å². The summed E-state index contributed by atoms with van der Waals surface area (Å²) < 4.78 is 0. The summed E-state index contributed by atoms with van der Waals surface area (Å²) in [5, 5.41) is 0.245. The first-order valence-corrected chi connectivity index (χ1v) is 4.87. The van der Waals surface area contributed by atoms with Gasteiger partial charge in [-0.1, -0.05) is 25.4 Å². The van der Waals surface area contributed by atoms with Gasteiger partial charge in [-0.2, -0.15) is 0 Å². The van der Waals surface area contributed by atoms with Crippen LogP contribution in [0.3, 0.4) is 0 Å². The number of hydroxylamine groups is 1. The molecule has 0 aliphatic heterocycles. The molecule has 82 valence electrons. The molecule has 1 heterocycles. The summed E-state index contributed by atoms with van der Waals surface area (Å²) in [5.41, 5.74) is 2.43. The SMILES string of the molecule is CC(C)CONC(=O)c1cnc(Cl)cn1. The van der Waals surface area contributed by atoms with Crippen molar-refractivity contribution < 1.29 is 9.63 Å². The Kier molecular flexibility index (Phi) is 4.45. The molecule has 1 N–H and O–H groups in total. The van der Waals surface area contributed by atoms with Crippen LogP contribution in [0.4, 0.5) is 0 Å². The lowest BCUT2D eigenvalue weighted by molar-refractivity contribution is 0.0204. The molecule has 0 spiro atoms. The molecule has 1 amide bonds. The van der Waals surface area contributed by atoms with E-state index >= 15 is 0 Å². The van der Waals surface area contributed by atoms with E-state index in [-0.39, 0.29) is 10.8 Å². The topological polar surface area (TPSA) is 64.1 Å². The molecule has 6 heteroatoms. The molecule has 0 atom stereocenters. The molecule has 0 saturated carbocycles. The Morgan fingerprint density at radius 1 is 1.53 bits per heavy atom. The fourth-order valence-corrected chi connectivity index (χ4v) is 0.853. The predicted octanol–water partition coefficient (Wildman–Crippen LogP) is 1.45. The number of nitrogens with zero attached hydrogens (tertiary/aromatic N) is 2. The number of hydrogen-bond donors (Lipinski definition) is 1. The second-order valence-electron chi connectivity index (χ2n) is 3.36. The highest BCUT2D eigenvalue weighted by Crippen LogP contribution is 2.01. The Hall–Kier alpha value is -1.20. The van der Waals surface area contributed by atoms with Gasteiger partial charge in [-0.15, -0.1) is 0 Å². The van der Waals surface area contributed by atoms with Gasteiger partial charge in [0.25, 0.3) is 5.91 Å². The van der Waals surface area contributed by atoms with Crippen LogP contribution in [0, 0.1) is 5.92 Å².